The van der Waals surface area contributed by atoms with Gasteiger partial charge < -0.3 is 25.4 Å². The van der Waals surface area contributed by atoms with Gasteiger partial charge in [0.05, 0.1) is 61.4 Å². The molecule has 61 heavy (non-hydrogen) atoms. The number of hydrogen-bond acceptors (Lipinski definition) is 13. The molecule has 8 aromatic heterocycles. The van der Waals surface area contributed by atoms with Crippen molar-refractivity contribution in [3.8, 4) is 0 Å². The number of pyridine rings is 2. The summed E-state index contributed by atoms with van der Waals surface area (Å²) in [5, 5.41) is 27.6. The number of aliphatic carboxylic acids is 1. The van der Waals surface area contributed by atoms with Crippen molar-refractivity contribution >= 4 is 112 Å². The van der Waals surface area contributed by atoms with Crippen molar-refractivity contribution in [2.75, 3.05) is 23.7 Å². The molecule has 1 fully saturated rings. The number of amides is 1. The number of rotatable bonds is 6. The Hall–Kier alpha value is -5.46. The number of carboxylic acids is 1. The molecule has 1 saturated heterocycles. The molecule has 0 radical (unpaired) electrons. The first-order valence-corrected chi connectivity index (χ1v) is 22.4. The molecule has 0 bridgehead atoms. The van der Waals surface area contributed by atoms with E-state index in [0.29, 0.717) is 48.2 Å². The average Bonchev–Trinajstić information content (AvgIpc) is 4.05. The van der Waals surface area contributed by atoms with Gasteiger partial charge in [-0.2, -0.15) is 10.2 Å². The van der Waals surface area contributed by atoms with Crippen LogP contribution >= 0.6 is 45.9 Å². The fourth-order valence-corrected chi connectivity index (χ4v) is 11.7. The highest BCUT2D eigenvalue weighted by Crippen LogP contribution is 2.43. The Morgan fingerprint density at radius 3 is 1.75 bits per heavy atom. The van der Waals surface area contributed by atoms with Gasteiger partial charge in [0.15, 0.2) is 0 Å². The van der Waals surface area contributed by atoms with Gasteiger partial charge >= 0.3 is 5.97 Å². The van der Waals surface area contributed by atoms with E-state index in [1.54, 1.807) is 62.8 Å². The minimum Gasteiger partial charge on any atom is -0.481 e. The molecule has 0 unspecified atom stereocenters. The van der Waals surface area contributed by atoms with Crippen molar-refractivity contribution in [3.63, 3.8) is 0 Å². The molecule has 2 aliphatic carbocycles. The summed E-state index contributed by atoms with van der Waals surface area (Å²) >= 11 is 16.1. The van der Waals surface area contributed by atoms with Gasteiger partial charge in [0, 0.05) is 53.5 Å². The fourth-order valence-electron chi connectivity index (χ4n) is 8.78. The number of nitrogens with one attached hydrogen (secondary N) is 2. The summed E-state index contributed by atoms with van der Waals surface area (Å²) in [6.45, 7) is 5.40. The summed E-state index contributed by atoms with van der Waals surface area (Å²) in [5.74, 6) is 0.625. The van der Waals surface area contributed by atoms with Crippen LogP contribution in [0.4, 0.5) is 23.0 Å². The molecular weight excluding hydrogens is 858 g/mol. The number of carboxylic acid groups (broad SMARTS) is 1. The van der Waals surface area contributed by atoms with E-state index in [1.807, 2.05) is 43.0 Å². The first-order chi connectivity index (χ1) is 29.6. The predicted octanol–water partition coefficient (Wildman–Crippen LogP) is 8.40. The number of anilines is 4. The second kappa shape index (κ2) is 16.1. The molecule has 3 aliphatic rings. The quantitative estimate of drug-likeness (QED) is 0.146. The molecule has 312 valence electrons. The number of aryl methyl sites for hydroxylation is 2. The van der Waals surface area contributed by atoms with Crippen LogP contribution in [0, 0.1) is 11.8 Å². The summed E-state index contributed by atoms with van der Waals surface area (Å²) < 4.78 is 9.26. The lowest BCUT2D eigenvalue weighted by atomic mass is 9.86. The lowest BCUT2D eigenvalue weighted by Crippen LogP contribution is -2.50. The van der Waals surface area contributed by atoms with Crippen LogP contribution in [0.1, 0.15) is 47.6 Å². The molecule has 1 amide bonds. The first kappa shape index (κ1) is 39.7. The van der Waals surface area contributed by atoms with Crippen molar-refractivity contribution in [3.05, 3.63) is 92.6 Å². The number of morpholine rings is 1. The first-order valence-electron chi connectivity index (χ1n) is 20.0. The third kappa shape index (κ3) is 7.62. The third-order valence-corrected chi connectivity index (χ3v) is 14.5. The zero-order valence-corrected chi connectivity index (χ0v) is 36.2. The number of carbonyl (C=O) groups excluding carboxylic acids is 1. The minimum absolute atomic E-state index is 0.00106. The Morgan fingerprint density at radius 1 is 0.754 bits per heavy atom. The number of hydrogen-bond donors (Lipinski definition) is 3. The van der Waals surface area contributed by atoms with E-state index in [1.165, 1.54) is 16.8 Å². The molecule has 0 aromatic carbocycles. The van der Waals surface area contributed by atoms with E-state index < -0.39 is 5.97 Å². The summed E-state index contributed by atoms with van der Waals surface area (Å²) in [6, 6.07) is 7.70. The molecule has 11 rings (SSSR count). The maximum atomic E-state index is 13.3. The fraction of sp³-hybridized carbons (Fsp3) is 0.333. The monoisotopic (exact) mass is 895 g/mol. The lowest BCUT2D eigenvalue weighted by Gasteiger charge is -2.37. The zero-order chi connectivity index (χ0) is 41.9. The Balaban J connectivity index is 0.000000150. The topological polar surface area (TPSA) is 177 Å². The van der Waals surface area contributed by atoms with Crippen molar-refractivity contribution in [1.82, 2.24) is 44.1 Å². The zero-order valence-electron chi connectivity index (χ0n) is 33.0. The van der Waals surface area contributed by atoms with E-state index in [9.17, 15) is 14.7 Å². The maximum absolute atomic E-state index is 13.3. The molecule has 0 spiro atoms. The van der Waals surface area contributed by atoms with Crippen LogP contribution in [0.15, 0.2) is 61.7 Å². The van der Waals surface area contributed by atoms with Gasteiger partial charge in [0.1, 0.15) is 34.0 Å². The second-order valence-electron chi connectivity index (χ2n) is 15.8. The summed E-state index contributed by atoms with van der Waals surface area (Å²) in [6.07, 6.45) is 14.5. The minimum atomic E-state index is -0.733. The normalized spacial score (nSPS) is 20.0. The van der Waals surface area contributed by atoms with Gasteiger partial charge in [-0.05, 0) is 87.8 Å². The van der Waals surface area contributed by atoms with Crippen LogP contribution in [0.25, 0.3) is 31.5 Å². The van der Waals surface area contributed by atoms with Crippen molar-refractivity contribution in [2.24, 2.45) is 11.8 Å². The maximum Gasteiger partial charge on any atom is 0.306 e. The number of fused-ring (bicyclic) bond motifs is 8. The SMILES string of the molecule is C[C@@H]1CN(C(=O)[C@H]2CCc3c(sc4ncnc(Nc5cc6ccnn6cc5Cl)c34)C2)C[C@H](C)O1.O=C(O)[C@H]1CCc2c(sc3ncnc(Nc4cc5ccnn5cc4Cl)c23)C1. The molecular formula is C42H39Cl2N11O4S2. The summed E-state index contributed by atoms with van der Waals surface area (Å²) in [4.78, 5) is 48.7. The van der Waals surface area contributed by atoms with Crippen LogP contribution in [-0.4, -0.2) is 86.3 Å². The van der Waals surface area contributed by atoms with E-state index in [2.05, 4.69) is 40.8 Å². The lowest BCUT2D eigenvalue weighted by molar-refractivity contribution is -0.147. The van der Waals surface area contributed by atoms with Gasteiger partial charge in [0.2, 0.25) is 5.91 Å². The molecule has 0 saturated carbocycles. The van der Waals surface area contributed by atoms with Crippen LogP contribution in [0.3, 0.4) is 0 Å². The Bertz CT molecular complexity index is 2990. The molecule has 19 heteroatoms. The molecule has 1 aliphatic heterocycles. The number of carbonyl (C=O) groups is 2. The van der Waals surface area contributed by atoms with Crippen LogP contribution in [-0.2, 0) is 40.0 Å². The predicted molar refractivity (Wildman–Crippen MR) is 237 cm³/mol. The highest BCUT2D eigenvalue weighted by molar-refractivity contribution is 7.19. The van der Waals surface area contributed by atoms with Gasteiger partial charge in [-0.3, -0.25) is 9.59 Å². The average molecular weight is 897 g/mol. The molecule has 15 nitrogen and oxygen atoms in total. The number of ether oxygens (including phenoxy) is 1. The van der Waals surface area contributed by atoms with E-state index >= 15 is 0 Å². The standard InChI is InChI=1S/C24H25ClN6O2S.C18H14ClN5O2S/c1-13-9-30(10-14(2)33-13)24(32)15-3-4-17-20(7-15)34-23-21(17)22(26-12-27-23)29-19-8-16-5-6-28-31(16)11-18(19)25;19-12-7-24-10(3-4-22-24)6-13(12)23-16-15-11-2-1-9(18(25)26)5-14(11)27-17(15)21-8-20-16/h5-6,8,11-15H,3-4,7,9-10H2,1-2H3,(H,26,27,29);3-4,6-9H,1-2,5H2,(H,25,26)(H,20,21,23)/t13-,14+,15-;9-/m00/s1. The van der Waals surface area contributed by atoms with Crippen LogP contribution in [0.2, 0.25) is 10.0 Å². The number of nitrogens with zero attached hydrogens (tertiary/aromatic N) is 9. The molecule has 3 N–H and O–H groups in total. The Labute approximate surface area is 366 Å². The van der Waals surface area contributed by atoms with Gasteiger partial charge in [-0.15, -0.1) is 22.7 Å². The number of thiophene rings is 2. The highest BCUT2D eigenvalue weighted by Gasteiger charge is 2.35. The number of aromatic nitrogens is 8. The third-order valence-electron chi connectivity index (χ3n) is 11.6. The Kier molecular flexibility index (Phi) is 10.5. The van der Waals surface area contributed by atoms with Crippen molar-refractivity contribution in [1.29, 1.82) is 0 Å². The summed E-state index contributed by atoms with van der Waals surface area (Å²) in [5.41, 5.74) is 5.77. The smallest absolute Gasteiger partial charge is 0.306 e. The van der Waals surface area contributed by atoms with Crippen molar-refractivity contribution in [2.45, 2.75) is 64.6 Å². The van der Waals surface area contributed by atoms with E-state index in [0.717, 1.165) is 78.4 Å². The van der Waals surface area contributed by atoms with Gasteiger partial charge in [-0.1, -0.05) is 23.2 Å². The van der Waals surface area contributed by atoms with Crippen LogP contribution < -0.4 is 10.6 Å². The van der Waals surface area contributed by atoms with E-state index in [4.69, 9.17) is 27.9 Å². The second-order valence-corrected chi connectivity index (χ2v) is 18.7. The van der Waals surface area contributed by atoms with Gasteiger partial charge in [0.25, 0.3) is 0 Å². The van der Waals surface area contributed by atoms with Crippen LogP contribution in [0.5, 0.6) is 0 Å². The Morgan fingerprint density at radius 2 is 1.25 bits per heavy atom. The highest BCUT2D eigenvalue weighted by atomic mass is 35.5. The summed E-state index contributed by atoms with van der Waals surface area (Å²) in [7, 11) is 0. The largest absolute Gasteiger partial charge is 0.481 e. The van der Waals surface area contributed by atoms with Gasteiger partial charge in [-0.25, -0.2) is 29.0 Å². The van der Waals surface area contributed by atoms with E-state index in [-0.39, 0.29) is 30.0 Å². The molecule has 4 atom stereocenters. The molecule has 8 aromatic rings. The molecule has 9 heterocycles. The van der Waals surface area contributed by atoms with Crippen molar-refractivity contribution < 1.29 is 19.4 Å². The number of halogens is 2.